The number of anilines is 2. The van der Waals surface area contributed by atoms with Crippen LogP contribution in [-0.4, -0.2) is 11.3 Å². The van der Waals surface area contributed by atoms with Crippen LogP contribution in [0.15, 0.2) is 36.5 Å². The van der Waals surface area contributed by atoms with Gasteiger partial charge in [-0.2, -0.15) is 5.26 Å². The van der Waals surface area contributed by atoms with Gasteiger partial charge >= 0.3 is 6.29 Å². The number of halogens is 2. The minimum absolute atomic E-state index is 0.0350. The average molecular weight is 275 g/mol. The average Bonchev–Trinajstić information content (AvgIpc) is 2.72. The molecule has 0 aliphatic carbocycles. The lowest BCUT2D eigenvalue weighted by molar-refractivity contribution is -0.286. The summed E-state index contributed by atoms with van der Waals surface area (Å²) in [5, 5.41) is 11.8. The molecule has 0 atom stereocenters. The van der Waals surface area contributed by atoms with Crippen LogP contribution in [0.5, 0.6) is 11.5 Å². The van der Waals surface area contributed by atoms with Gasteiger partial charge in [-0.05, 0) is 24.3 Å². The monoisotopic (exact) mass is 275 g/mol. The number of alkyl halides is 2. The van der Waals surface area contributed by atoms with Gasteiger partial charge in [-0.25, -0.2) is 4.98 Å². The standard InChI is InChI=1S/C13H7F2N3O2/c14-13(15)19-11-4-3-8(6-12(11)20-13)18-9-2-1-5-17-10(9)7-16/h1-6,18H. The van der Waals surface area contributed by atoms with E-state index >= 15 is 0 Å². The molecular formula is C13H7F2N3O2. The predicted molar refractivity (Wildman–Crippen MR) is 64.9 cm³/mol. The third-order valence-electron chi connectivity index (χ3n) is 2.59. The van der Waals surface area contributed by atoms with Crippen LogP contribution in [0.4, 0.5) is 20.2 Å². The molecule has 2 aromatic rings. The van der Waals surface area contributed by atoms with E-state index in [9.17, 15) is 8.78 Å². The topological polar surface area (TPSA) is 67.2 Å². The number of hydrogen-bond donors (Lipinski definition) is 1. The molecule has 0 bridgehead atoms. The Bertz CT molecular complexity index is 713. The lowest BCUT2D eigenvalue weighted by Crippen LogP contribution is -2.25. The number of nitriles is 1. The van der Waals surface area contributed by atoms with E-state index in [2.05, 4.69) is 19.8 Å². The van der Waals surface area contributed by atoms with Gasteiger partial charge in [0.25, 0.3) is 0 Å². The third-order valence-corrected chi connectivity index (χ3v) is 2.59. The first-order valence-corrected chi connectivity index (χ1v) is 5.59. The van der Waals surface area contributed by atoms with Crippen LogP contribution in [0.1, 0.15) is 5.69 Å². The number of hydrogen-bond acceptors (Lipinski definition) is 5. The fraction of sp³-hybridized carbons (Fsp3) is 0.0769. The second-order valence-electron chi connectivity index (χ2n) is 3.97. The van der Waals surface area contributed by atoms with Crippen LogP contribution >= 0.6 is 0 Å². The zero-order valence-corrected chi connectivity index (χ0v) is 9.93. The fourth-order valence-corrected chi connectivity index (χ4v) is 1.78. The summed E-state index contributed by atoms with van der Waals surface area (Å²) in [6.45, 7) is 0. The van der Waals surface area contributed by atoms with Gasteiger partial charge in [0, 0.05) is 18.0 Å². The Hall–Kier alpha value is -2.88. The van der Waals surface area contributed by atoms with E-state index in [-0.39, 0.29) is 17.2 Å². The van der Waals surface area contributed by atoms with Crippen molar-refractivity contribution in [2.45, 2.75) is 6.29 Å². The fourth-order valence-electron chi connectivity index (χ4n) is 1.78. The highest BCUT2D eigenvalue weighted by Gasteiger charge is 2.43. The summed E-state index contributed by atoms with van der Waals surface area (Å²) in [6, 6.07) is 9.51. The highest BCUT2D eigenvalue weighted by atomic mass is 19.3. The molecule has 0 saturated heterocycles. The molecule has 2 heterocycles. The molecule has 0 spiro atoms. The normalized spacial score (nSPS) is 14.7. The zero-order valence-electron chi connectivity index (χ0n) is 9.93. The molecule has 0 fully saturated rings. The van der Waals surface area contributed by atoms with Gasteiger partial charge in [0.05, 0.1) is 5.69 Å². The molecular weight excluding hydrogens is 268 g/mol. The number of pyridine rings is 1. The van der Waals surface area contributed by atoms with Gasteiger partial charge in [-0.1, -0.05) is 0 Å². The van der Waals surface area contributed by atoms with E-state index in [1.165, 1.54) is 24.4 Å². The summed E-state index contributed by atoms with van der Waals surface area (Å²) in [5.41, 5.74) is 1.16. The minimum Gasteiger partial charge on any atom is -0.395 e. The van der Waals surface area contributed by atoms with Crippen LogP contribution < -0.4 is 14.8 Å². The maximum Gasteiger partial charge on any atom is 0.586 e. The molecule has 1 N–H and O–H groups in total. The maximum atomic E-state index is 12.9. The first-order chi connectivity index (χ1) is 9.57. The highest BCUT2D eigenvalue weighted by molar-refractivity contribution is 5.67. The van der Waals surface area contributed by atoms with Gasteiger partial charge in [-0.15, -0.1) is 8.78 Å². The quantitative estimate of drug-likeness (QED) is 0.912. The van der Waals surface area contributed by atoms with E-state index in [4.69, 9.17) is 5.26 Å². The van der Waals surface area contributed by atoms with Crippen LogP contribution in [0, 0.1) is 11.3 Å². The number of rotatable bonds is 2. The van der Waals surface area contributed by atoms with Crippen molar-refractivity contribution < 1.29 is 18.3 Å². The molecule has 0 radical (unpaired) electrons. The molecule has 1 aliphatic heterocycles. The van der Waals surface area contributed by atoms with Crippen LogP contribution in [0.2, 0.25) is 0 Å². The van der Waals surface area contributed by atoms with Crippen LogP contribution in [-0.2, 0) is 0 Å². The van der Waals surface area contributed by atoms with Gasteiger partial charge < -0.3 is 14.8 Å². The Balaban J connectivity index is 1.89. The van der Waals surface area contributed by atoms with E-state index in [1.54, 1.807) is 12.1 Å². The number of nitrogens with one attached hydrogen (secondary N) is 1. The lowest BCUT2D eigenvalue weighted by Gasteiger charge is -2.07. The second-order valence-corrected chi connectivity index (χ2v) is 3.97. The number of aromatic nitrogens is 1. The smallest absolute Gasteiger partial charge is 0.395 e. The summed E-state index contributed by atoms with van der Waals surface area (Å²) in [5.74, 6) is -0.102. The van der Waals surface area contributed by atoms with Crippen molar-refractivity contribution in [1.82, 2.24) is 4.98 Å². The van der Waals surface area contributed by atoms with E-state index < -0.39 is 6.29 Å². The minimum atomic E-state index is -3.65. The first kappa shape index (κ1) is 12.2. The van der Waals surface area contributed by atoms with Crippen molar-refractivity contribution in [2.75, 3.05) is 5.32 Å². The summed E-state index contributed by atoms with van der Waals surface area (Å²) >= 11 is 0. The summed E-state index contributed by atoms with van der Waals surface area (Å²) in [6.07, 6.45) is -2.16. The maximum absolute atomic E-state index is 12.9. The number of benzene rings is 1. The number of fused-ring (bicyclic) bond motifs is 1. The molecule has 1 aliphatic rings. The van der Waals surface area contributed by atoms with Crippen molar-refractivity contribution in [2.24, 2.45) is 0 Å². The zero-order chi connectivity index (χ0) is 14.2. The van der Waals surface area contributed by atoms with Crippen molar-refractivity contribution >= 4 is 11.4 Å². The molecule has 0 saturated carbocycles. The van der Waals surface area contributed by atoms with Gasteiger partial charge in [0.2, 0.25) is 0 Å². The van der Waals surface area contributed by atoms with Crippen molar-refractivity contribution in [3.63, 3.8) is 0 Å². The second kappa shape index (κ2) is 4.35. The molecule has 5 nitrogen and oxygen atoms in total. The predicted octanol–water partition coefficient (Wildman–Crippen LogP) is 3.02. The molecule has 1 aromatic heterocycles. The van der Waals surface area contributed by atoms with Crippen molar-refractivity contribution in [1.29, 1.82) is 5.26 Å². The Labute approximate surface area is 112 Å². The molecule has 1 aromatic carbocycles. The van der Waals surface area contributed by atoms with E-state index in [1.807, 2.05) is 6.07 Å². The Morgan fingerprint density at radius 3 is 2.80 bits per heavy atom. The Morgan fingerprint density at radius 1 is 1.20 bits per heavy atom. The first-order valence-electron chi connectivity index (χ1n) is 5.59. The molecule has 0 amide bonds. The largest absolute Gasteiger partial charge is 0.586 e. The lowest BCUT2D eigenvalue weighted by atomic mass is 10.2. The van der Waals surface area contributed by atoms with Crippen LogP contribution in [0.3, 0.4) is 0 Å². The van der Waals surface area contributed by atoms with E-state index in [0.717, 1.165) is 0 Å². The van der Waals surface area contributed by atoms with E-state index in [0.29, 0.717) is 11.4 Å². The van der Waals surface area contributed by atoms with Crippen LogP contribution in [0.25, 0.3) is 0 Å². The van der Waals surface area contributed by atoms with Crippen molar-refractivity contribution in [3.8, 4) is 17.6 Å². The van der Waals surface area contributed by atoms with Gasteiger partial charge in [0.15, 0.2) is 17.2 Å². The highest BCUT2D eigenvalue weighted by Crippen LogP contribution is 2.42. The number of ether oxygens (including phenoxy) is 2. The molecule has 100 valence electrons. The number of nitrogens with zero attached hydrogens (tertiary/aromatic N) is 2. The molecule has 20 heavy (non-hydrogen) atoms. The summed E-state index contributed by atoms with van der Waals surface area (Å²) in [7, 11) is 0. The third kappa shape index (κ3) is 2.19. The SMILES string of the molecule is N#Cc1ncccc1Nc1ccc2c(c1)OC(F)(F)O2. The van der Waals surface area contributed by atoms with Gasteiger partial charge in [0.1, 0.15) is 6.07 Å². The van der Waals surface area contributed by atoms with Crippen molar-refractivity contribution in [3.05, 3.63) is 42.2 Å². The molecule has 7 heteroatoms. The Morgan fingerprint density at radius 2 is 2.00 bits per heavy atom. The summed E-state index contributed by atoms with van der Waals surface area (Å²) in [4.78, 5) is 3.89. The summed E-state index contributed by atoms with van der Waals surface area (Å²) < 4.78 is 34.4. The molecule has 0 unspecified atom stereocenters. The van der Waals surface area contributed by atoms with Gasteiger partial charge in [-0.3, -0.25) is 0 Å². The molecule has 3 rings (SSSR count). The Kier molecular flexibility index (Phi) is 2.64.